The van der Waals surface area contributed by atoms with Crippen LogP contribution in [0.15, 0.2) is 30.3 Å². The van der Waals surface area contributed by atoms with Gasteiger partial charge in [-0.05, 0) is 31.0 Å². The highest BCUT2D eigenvalue weighted by Gasteiger charge is 2.36. The number of nitrogens with one attached hydrogen (secondary N) is 1. The first-order chi connectivity index (χ1) is 9.25. The van der Waals surface area contributed by atoms with Crippen molar-refractivity contribution in [2.24, 2.45) is 5.92 Å². The van der Waals surface area contributed by atoms with E-state index in [4.69, 9.17) is 0 Å². The van der Waals surface area contributed by atoms with Crippen molar-refractivity contribution in [3.05, 3.63) is 35.9 Å². The Balaban J connectivity index is 1.70. The van der Waals surface area contributed by atoms with Crippen molar-refractivity contribution in [1.29, 1.82) is 0 Å². The predicted molar refractivity (Wildman–Crippen MR) is 74.9 cm³/mol. The number of carbonyl (C=O) groups excluding carboxylic acids is 1. The first-order valence-corrected chi connectivity index (χ1v) is 7.03. The summed E-state index contributed by atoms with van der Waals surface area (Å²) in [5.41, 5.74) is 1.23. The molecule has 0 aromatic heterocycles. The number of amides is 2. The molecule has 1 aromatic rings. The predicted octanol–water partition coefficient (Wildman–Crippen LogP) is 1.70. The summed E-state index contributed by atoms with van der Waals surface area (Å²) in [6.07, 6.45) is 1.18. The molecule has 1 N–H and O–H groups in total. The van der Waals surface area contributed by atoms with Gasteiger partial charge in [0, 0.05) is 20.1 Å². The second-order valence-corrected chi connectivity index (χ2v) is 5.58. The SMILES string of the molecule is CN1C(=O)N(CC2CCNC2)CC1c1ccccc1. The van der Waals surface area contributed by atoms with E-state index in [1.807, 2.05) is 35.0 Å². The smallest absolute Gasteiger partial charge is 0.320 e. The zero-order chi connectivity index (χ0) is 13.2. The summed E-state index contributed by atoms with van der Waals surface area (Å²) >= 11 is 0. The van der Waals surface area contributed by atoms with Gasteiger partial charge in [-0.2, -0.15) is 0 Å². The van der Waals surface area contributed by atoms with Gasteiger partial charge in [0.2, 0.25) is 0 Å². The number of likely N-dealkylation sites (N-methyl/N-ethyl adjacent to an activating group) is 1. The molecule has 1 aromatic carbocycles. The zero-order valence-electron chi connectivity index (χ0n) is 11.4. The van der Waals surface area contributed by atoms with Crippen molar-refractivity contribution in [3.63, 3.8) is 0 Å². The third-order valence-corrected chi connectivity index (χ3v) is 4.26. The lowest BCUT2D eigenvalue weighted by molar-refractivity contribution is 0.190. The lowest BCUT2D eigenvalue weighted by atomic mass is 10.1. The molecular weight excluding hydrogens is 238 g/mol. The van der Waals surface area contributed by atoms with Crippen molar-refractivity contribution in [2.75, 3.05) is 33.2 Å². The standard InChI is InChI=1S/C15H21N3O/c1-17-14(13-5-3-2-4-6-13)11-18(15(17)19)10-12-7-8-16-9-12/h2-6,12,14,16H,7-11H2,1H3. The van der Waals surface area contributed by atoms with E-state index in [-0.39, 0.29) is 12.1 Å². The Kier molecular flexibility index (Phi) is 3.42. The fraction of sp³-hybridized carbons (Fsp3) is 0.533. The average molecular weight is 259 g/mol. The van der Waals surface area contributed by atoms with Crippen LogP contribution in [0.2, 0.25) is 0 Å². The molecule has 0 bridgehead atoms. The van der Waals surface area contributed by atoms with Crippen LogP contribution in [-0.2, 0) is 0 Å². The summed E-state index contributed by atoms with van der Waals surface area (Å²) in [6, 6.07) is 10.7. The van der Waals surface area contributed by atoms with Crippen LogP contribution in [-0.4, -0.2) is 49.1 Å². The van der Waals surface area contributed by atoms with E-state index in [2.05, 4.69) is 17.4 Å². The normalized spacial score (nSPS) is 27.3. The first-order valence-electron chi connectivity index (χ1n) is 7.03. The fourth-order valence-corrected chi connectivity index (χ4v) is 3.10. The number of urea groups is 1. The van der Waals surface area contributed by atoms with Crippen molar-refractivity contribution in [3.8, 4) is 0 Å². The highest BCUT2D eigenvalue weighted by Crippen LogP contribution is 2.28. The average Bonchev–Trinajstić information content (AvgIpc) is 3.04. The summed E-state index contributed by atoms with van der Waals surface area (Å²) in [5.74, 6) is 0.617. The van der Waals surface area contributed by atoms with Gasteiger partial charge in [0.1, 0.15) is 0 Å². The van der Waals surface area contributed by atoms with Gasteiger partial charge in [-0.1, -0.05) is 30.3 Å². The van der Waals surface area contributed by atoms with Gasteiger partial charge in [0.25, 0.3) is 0 Å². The van der Waals surface area contributed by atoms with Gasteiger partial charge in [-0.25, -0.2) is 4.79 Å². The number of nitrogens with zero attached hydrogens (tertiary/aromatic N) is 2. The second kappa shape index (κ2) is 5.21. The van der Waals surface area contributed by atoms with Gasteiger partial charge in [-0.3, -0.25) is 0 Å². The van der Waals surface area contributed by atoms with Crippen molar-refractivity contribution in [1.82, 2.24) is 15.1 Å². The Hall–Kier alpha value is -1.55. The molecule has 2 fully saturated rings. The molecule has 3 rings (SSSR count). The van der Waals surface area contributed by atoms with Crippen molar-refractivity contribution >= 4 is 6.03 Å². The molecule has 4 nitrogen and oxygen atoms in total. The molecule has 19 heavy (non-hydrogen) atoms. The minimum atomic E-state index is 0.167. The maximum Gasteiger partial charge on any atom is 0.320 e. The third-order valence-electron chi connectivity index (χ3n) is 4.26. The second-order valence-electron chi connectivity index (χ2n) is 5.58. The molecule has 0 saturated carbocycles. The lowest BCUT2D eigenvalue weighted by Gasteiger charge is -2.19. The van der Waals surface area contributed by atoms with Crippen LogP contribution in [0.1, 0.15) is 18.0 Å². The maximum absolute atomic E-state index is 12.3. The van der Waals surface area contributed by atoms with E-state index in [9.17, 15) is 4.79 Å². The minimum absolute atomic E-state index is 0.167. The van der Waals surface area contributed by atoms with Gasteiger partial charge < -0.3 is 15.1 Å². The number of hydrogen-bond acceptors (Lipinski definition) is 2. The number of benzene rings is 1. The molecule has 0 radical (unpaired) electrons. The molecule has 2 aliphatic heterocycles. The van der Waals surface area contributed by atoms with E-state index >= 15 is 0 Å². The molecule has 2 atom stereocenters. The monoisotopic (exact) mass is 259 g/mol. The molecule has 2 heterocycles. The first kappa shape index (κ1) is 12.5. The Bertz CT molecular complexity index is 442. The van der Waals surface area contributed by atoms with E-state index < -0.39 is 0 Å². The van der Waals surface area contributed by atoms with Crippen LogP contribution in [0.3, 0.4) is 0 Å². The third kappa shape index (κ3) is 2.45. The summed E-state index contributed by atoms with van der Waals surface area (Å²) in [6.45, 7) is 3.84. The van der Waals surface area contributed by atoms with Crippen LogP contribution < -0.4 is 5.32 Å². The molecule has 0 aliphatic carbocycles. The summed E-state index contributed by atoms with van der Waals surface area (Å²) in [7, 11) is 1.91. The molecule has 2 saturated heterocycles. The van der Waals surface area contributed by atoms with E-state index in [0.717, 1.165) is 26.2 Å². The highest BCUT2D eigenvalue weighted by molar-refractivity contribution is 5.77. The van der Waals surface area contributed by atoms with Crippen LogP contribution in [0.25, 0.3) is 0 Å². The Morgan fingerprint density at radius 2 is 2.11 bits per heavy atom. The Labute approximate surface area is 114 Å². The molecular formula is C15H21N3O. The molecule has 2 amide bonds. The molecule has 4 heteroatoms. The van der Waals surface area contributed by atoms with Crippen molar-refractivity contribution in [2.45, 2.75) is 12.5 Å². The lowest BCUT2D eigenvalue weighted by Crippen LogP contribution is -2.34. The van der Waals surface area contributed by atoms with E-state index in [1.165, 1.54) is 12.0 Å². The largest absolute Gasteiger partial charge is 0.322 e. The van der Waals surface area contributed by atoms with Gasteiger partial charge in [0.15, 0.2) is 0 Å². The number of rotatable bonds is 3. The van der Waals surface area contributed by atoms with Crippen LogP contribution in [0.5, 0.6) is 0 Å². The quantitative estimate of drug-likeness (QED) is 0.897. The molecule has 2 unspecified atom stereocenters. The summed E-state index contributed by atoms with van der Waals surface area (Å²) in [4.78, 5) is 16.2. The molecule has 102 valence electrons. The Morgan fingerprint density at radius 1 is 1.32 bits per heavy atom. The van der Waals surface area contributed by atoms with E-state index in [0.29, 0.717) is 5.92 Å². The van der Waals surface area contributed by atoms with Crippen LogP contribution in [0, 0.1) is 5.92 Å². The van der Waals surface area contributed by atoms with Crippen molar-refractivity contribution < 1.29 is 4.79 Å². The fourth-order valence-electron chi connectivity index (χ4n) is 3.10. The summed E-state index contributed by atoms with van der Waals surface area (Å²) < 4.78 is 0. The van der Waals surface area contributed by atoms with Gasteiger partial charge in [-0.15, -0.1) is 0 Å². The van der Waals surface area contributed by atoms with Crippen LogP contribution in [0.4, 0.5) is 4.79 Å². The van der Waals surface area contributed by atoms with Gasteiger partial charge >= 0.3 is 6.03 Å². The molecule has 2 aliphatic rings. The summed E-state index contributed by atoms with van der Waals surface area (Å²) in [5, 5.41) is 3.36. The number of hydrogen-bond donors (Lipinski definition) is 1. The highest BCUT2D eigenvalue weighted by atomic mass is 16.2. The van der Waals surface area contributed by atoms with Gasteiger partial charge in [0.05, 0.1) is 6.04 Å². The van der Waals surface area contributed by atoms with Crippen LogP contribution >= 0.6 is 0 Å². The topological polar surface area (TPSA) is 35.6 Å². The Morgan fingerprint density at radius 3 is 2.79 bits per heavy atom. The number of carbonyl (C=O) groups is 1. The minimum Gasteiger partial charge on any atom is -0.322 e. The maximum atomic E-state index is 12.3. The van der Waals surface area contributed by atoms with E-state index in [1.54, 1.807) is 0 Å². The zero-order valence-corrected chi connectivity index (χ0v) is 11.4. The molecule has 0 spiro atoms.